The molecular formula is C29H33NO4. The number of methoxy groups -OCH3 is 1. The Bertz CT molecular complexity index is 1180. The van der Waals surface area contributed by atoms with E-state index < -0.39 is 5.60 Å². The fourth-order valence-electron chi connectivity index (χ4n) is 8.99. The second-order valence-corrected chi connectivity index (χ2v) is 11.3. The van der Waals surface area contributed by atoms with Crippen LogP contribution in [-0.4, -0.2) is 49.1 Å². The molecule has 2 aliphatic heterocycles. The minimum Gasteiger partial charge on any atom is -0.485 e. The molecule has 3 saturated carbocycles. The number of rotatable bonds is 5. The highest BCUT2D eigenvalue weighted by atomic mass is 16.6. The van der Waals surface area contributed by atoms with Crippen molar-refractivity contribution in [2.24, 2.45) is 11.3 Å². The van der Waals surface area contributed by atoms with Crippen LogP contribution in [0, 0.1) is 11.3 Å². The maximum Gasteiger partial charge on any atom is 0.166 e. The van der Waals surface area contributed by atoms with Gasteiger partial charge in [0.15, 0.2) is 11.5 Å². The second-order valence-electron chi connectivity index (χ2n) is 11.3. The molecule has 1 saturated heterocycles. The van der Waals surface area contributed by atoms with Crippen molar-refractivity contribution in [2.45, 2.75) is 68.8 Å². The quantitative estimate of drug-likeness (QED) is 0.667. The van der Waals surface area contributed by atoms with Gasteiger partial charge in [-0.2, -0.15) is 0 Å². The number of carbonyl (C=O) groups excluding carboxylic acids is 1. The minimum atomic E-state index is -0.571. The average Bonchev–Trinajstić information content (AvgIpc) is 3.23. The average molecular weight is 460 g/mol. The normalized spacial score (nSPS) is 38.9. The summed E-state index contributed by atoms with van der Waals surface area (Å²) in [6.07, 6.45) is 4.79. The number of hydrogen-bond donors (Lipinski definition) is 0. The smallest absolute Gasteiger partial charge is 0.166 e. The van der Waals surface area contributed by atoms with E-state index in [9.17, 15) is 4.79 Å². The van der Waals surface area contributed by atoms with Crippen LogP contribution in [0.4, 0.5) is 0 Å². The SMILES string of the molecule is COC12CCC3(C[C@@H]1C(C)=O)C1Cc4ccc(OCc5ccccc5)c5c4C3(CCN1C)C2O5. The Hall–Kier alpha value is -2.37. The van der Waals surface area contributed by atoms with E-state index >= 15 is 0 Å². The largest absolute Gasteiger partial charge is 0.485 e. The van der Waals surface area contributed by atoms with Gasteiger partial charge >= 0.3 is 0 Å². The van der Waals surface area contributed by atoms with Gasteiger partial charge in [-0.05, 0) is 69.8 Å². The second kappa shape index (κ2) is 6.86. The van der Waals surface area contributed by atoms with E-state index in [1.54, 1.807) is 14.0 Å². The lowest BCUT2D eigenvalue weighted by Gasteiger charge is -2.73. The van der Waals surface area contributed by atoms with Crippen molar-refractivity contribution in [1.82, 2.24) is 4.90 Å². The molecule has 4 aliphatic carbocycles. The van der Waals surface area contributed by atoms with Crippen molar-refractivity contribution in [3.8, 4) is 11.5 Å². The van der Waals surface area contributed by atoms with Gasteiger partial charge in [0.25, 0.3) is 0 Å². The molecule has 5 nitrogen and oxygen atoms in total. The summed E-state index contributed by atoms with van der Waals surface area (Å²) in [5.41, 5.74) is 3.26. The Morgan fingerprint density at radius 3 is 2.74 bits per heavy atom. The van der Waals surface area contributed by atoms with Crippen molar-refractivity contribution < 1.29 is 19.0 Å². The van der Waals surface area contributed by atoms with Crippen LogP contribution >= 0.6 is 0 Å². The Kier molecular flexibility index (Phi) is 4.23. The highest BCUT2D eigenvalue weighted by Gasteiger charge is 2.81. The Balaban J connectivity index is 1.41. The lowest BCUT2D eigenvalue weighted by Crippen LogP contribution is -2.81. The van der Waals surface area contributed by atoms with E-state index in [1.165, 1.54) is 11.1 Å². The van der Waals surface area contributed by atoms with Gasteiger partial charge in [0.2, 0.25) is 0 Å². The van der Waals surface area contributed by atoms with Gasteiger partial charge < -0.3 is 19.1 Å². The fourth-order valence-corrected chi connectivity index (χ4v) is 8.99. The summed E-state index contributed by atoms with van der Waals surface area (Å²) >= 11 is 0. The first kappa shape index (κ1) is 21.0. The number of ether oxygens (including phenoxy) is 3. The summed E-state index contributed by atoms with van der Waals surface area (Å²) in [6, 6.07) is 15.1. The van der Waals surface area contributed by atoms with Crippen LogP contribution in [0.2, 0.25) is 0 Å². The molecule has 5 unspecified atom stereocenters. The predicted molar refractivity (Wildman–Crippen MR) is 128 cm³/mol. The summed E-state index contributed by atoms with van der Waals surface area (Å²) in [7, 11) is 4.07. The summed E-state index contributed by atoms with van der Waals surface area (Å²) < 4.78 is 19.8. The first-order chi connectivity index (χ1) is 16.5. The molecule has 4 bridgehead atoms. The number of benzene rings is 2. The number of Topliss-reactive ketones (excluding diaryl/α,β-unsaturated/α-hetero) is 1. The highest BCUT2D eigenvalue weighted by Crippen LogP contribution is 2.76. The minimum absolute atomic E-state index is 0.0393. The fraction of sp³-hybridized carbons (Fsp3) is 0.552. The van der Waals surface area contributed by atoms with Crippen molar-refractivity contribution in [3.05, 3.63) is 59.2 Å². The maximum absolute atomic E-state index is 13.0. The molecule has 2 aromatic carbocycles. The molecule has 8 rings (SSSR count). The van der Waals surface area contributed by atoms with Gasteiger partial charge in [0, 0.05) is 29.5 Å². The molecule has 6 atom stereocenters. The molecule has 5 heteroatoms. The monoisotopic (exact) mass is 459 g/mol. The molecule has 0 radical (unpaired) electrons. The van der Waals surface area contributed by atoms with Gasteiger partial charge in [-0.1, -0.05) is 36.4 Å². The number of fused-ring (bicyclic) bond motifs is 2. The molecule has 2 aromatic rings. The van der Waals surface area contributed by atoms with E-state index in [0.29, 0.717) is 12.6 Å². The lowest BCUT2D eigenvalue weighted by molar-refractivity contribution is -0.270. The Morgan fingerprint density at radius 2 is 1.97 bits per heavy atom. The van der Waals surface area contributed by atoms with Crippen LogP contribution in [0.25, 0.3) is 0 Å². The topological polar surface area (TPSA) is 48.0 Å². The van der Waals surface area contributed by atoms with Crippen molar-refractivity contribution in [2.75, 3.05) is 20.7 Å². The van der Waals surface area contributed by atoms with Crippen molar-refractivity contribution in [1.29, 1.82) is 0 Å². The number of piperidine rings is 1. The van der Waals surface area contributed by atoms with Crippen LogP contribution in [0.1, 0.15) is 49.3 Å². The van der Waals surface area contributed by atoms with Crippen LogP contribution in [0.15, 0.2) is 42.5 Å². The van der Waals surface area contributed by atoms with E-state index in [1.807, 2.05) is 18.2 Å². The zero-order valence-electron chi connectivity index (χ0n) is 20.3. The number of ketones is 1. The molecule has 0 amide bonds. The maximum atomic E-state index is 13.0. The number of carbonyl (C=O) groups is 1. The predicted octanol–water partition coefficient (Wildman–Crippen LogP) is 4.30. The number of likely N-dealkylation sites (N-methyl/N-ethyl adjacent to an activating group) is 1. The van der Waals surface area contributed by atoms with E-state index in [2.05, 4.69) is 36.2 Å². The van der Waals surface area contributed by atoms with E-state index in [4.69, 9.17) is 14.2 Å². The van der Waals surface area contributed by atoms with Gasteiger partial charge in [-0.15, -0.1) is 0 Å². The summed E-state index contributed by atoms with van der Waals surface area (Å²) in [4.78, 5) is 15.6. The number of nitrogens with zero attached hydrogens (tertiary/aromatic N) is 1. The molecule has 2 heterocycles. The molecule has 0 N–H and O–H groups in total. The number of likely N-dealkylation sites (tertiary alicyclic amines) is 1. The zero-order valence-corrected chi connectivity index (χ0v) is 20.3. The van der Waals surface area contributed by atoms with Crippen molar-refractivity contribution in [3.63, 3.8) is 0 Å². The number of hydrogen-bond acceptors (Lipinski definition) is 5. The molecule has 2 spiro atoms. The van der Waals surface area contributed by atoms with Crippen LogP contribution < -0.4 is 9.47 Å². The van der Waals surface area contributed by atoms with E-state index in [-0.39, 0.29) is 28.6 Å². The van der Waals surface area contributed by atoms with Gasteiger partial charge in [0.1, 0.15) is 24.1 Å². The molecule has 178 valence electrons. The first-order valence-electron chi connectivity index (χ1n) is 12.7. The standard InChI is InChI=1S/C29H33NO4/c1-18(31)21-16-27-11-12-29(21,32-3)26-28(27)13-14-30(2)23(27)15-20-9-10-22(25(34-26)24(20)28)33-17-19-7-5-4-6-8-19/h4-10,21,23,26H,11-17H2,1-3H3/t21-,23?,26?,27?,28?,29?/m1/s1. The summed E-state index contributed by atoms with van der Waals surface area (Å²) in [6.45, 7) is 3.31. The molecular weight excluding hydrogens is 426 g/mol. The zero-order chi connectivity index (χ0) is 23.3. The van der Waals surface area contributed by atoms with Crippen LogP contribution in [0.5, 0.6) is 11.5 Å². The first-order valence-corrected chi connectivity index (χ1v) is 12.7. The van der Waals surface area contributed by atoms with Gasteiger partial charge in [-0.25, -0.2) is 0 Å². The Morgan fingerprint density at radius 1 is 1.15 bits per heavy atom. The summed E-state index contributed by atoms with van der Waals surface area (Å²) in [5, 5.41) is 0. The van der Waals surface area contributed by atoms with E-state index in [0.717, 1.165) is 55.7 Å². The van der Waals surface area contributed by atoms with Gasteiger partial charge in [0.05, 0.1) is 5.92 Å². The molecule has 6 aliphatic rings. The third kappa shape index (κ3) is 2.26. The molecule has 4 fully saturated rings. The van der Waals surface area contributed by atoms with Crippen LogP contribution in [-0.2, 0) is 28.0 Å². The Labute approximate surface area is 201 Å². The highest BCUT2D eigenvalue weighted by molar-refractivity contribution is 5.81. The van der Waals surface area contributed by atoms with Crippen molar-refractivity contribution >= 4 is 5.78 Å². The molecule has 0 aromatic heterocycles. The summed E-state index contributed by atoms with van der Waals surface area (Å²) in [5.74, 6) is 1.85. The third-order valence-electron chi connectivity index (χ3n) is 10.3. The lowest BCUT2D eigenvalue weighted by atomic mass is 9.34. The van der Waals surface area contributed by atoms with Crippen LogP contribution in [0.3, 0.4) is 0 Å². The van der Waals surface area contributed by atoms with Gasteiger partial charge in [-0.3, -0.25) is 4.79 Å². The molecule has 34 heavy (non-hydrogen) atoms. The third-order valence-corrected chi connectivity index (χ3v) is 10.3.